The van der Waals surface area contributed by atoms with Gasteiger partial charge in [-0.1, -0.05) is 6.92 Å². The Kier molecular flexibility index (Phi) is 5.20. The van der Waals surface area contributed by atoms with Crippen LogP contribution >= 0.6 is 0 Å². The van der Waals surface area contributed by atoms with Gasteiger partial charge >= 0.3 is 0 Å². The van der Waals surface area contributed by atoms with E-state index < -0.39 is 0 Å². The van der Waals surface area contributed by atoms with Crippen molar-refractivity contribution in [3.8, 4) is 0 Å². The molecule has 2 atom stereocenters. The lowest BCUT2D eigenvalue weighted by molar-refractivity contribution is 0.368. The van der Waals surface area contributed by atoms with E-state index in [0.29, 0.717) is 12.1 Å². The number of hydrogen-bond donors (Lipinski definition) is 1. The van der Waals surface area contributed by atoms with Gasteiger partial charge < -0.3 is 10.2 Å². The fourth-order valence-electron chi connectivity index (χ4n) is 3.07. The Balaban J connectivity index is 2.14. The molecule has 1 aliphatic rings. The molecule has 3 heteroatoms. The van der Waals surface area contributed by atoms with Crippen molar-refractivity contribution in [2.75, 3.05) is 18.0 Å². The third-order valence-corrected chi connectivity index (χ3v) is 4.14. The van der Waals surface area contributed by atoms with E-state index >= 15 is 0 Å². The van der Waals surface area contributed by atoms with Crippen LogP contribution in [0.1, 0.15) is 45.1 Å². The summed E-state index contributed by atoms with van der Waals surface area (Å²) in [5, 5.41) is 3.66. The molecular formula is C16H27N3. The van der Waals surface area contributed by atoms with E-state index in [4.69, 9.17) is 0 Å². The maximum atomic E-state index is 4.22. The van der Waals surface area contributed by atoms with Gasteiger partial charge in [0.1, 0.15) is 0 Å². The monoisotopic (exact) mass is 261 g/mol. The topological polar surface area (TPSA) is 28.2 Å². The van der Waals surface area contributed by atoms with Crippen molar-refractivity contribution in [2.45, 2.75) is 58.5 Å². The summed E-state index contributed by atoms with van der Waals surface area (Å²) in [6, 6.07) is 3.33. The first-order valence-electron chi connectivity index (χ1n) is 7.64. The summed E-state index contributed by atoms with van der Waals surface area (Å²) >= 11 is 0. The number of nitrogens with zero attached hydrogens (tertiary/aromatic N) is 2. The number of aromatic nitrogens is 1. The summed E-state index contributed by atoms with van der Waals surface area (Å²) in [5.41, 5.74) is 2.65. The summed E-state index contributed by atoms with van der Waals surface area (Å²) in [5.74, 6) is 0. The zero-order valence-electron chi connectivity index (χ0n) is 12.5. The van der Waals surface area contributed by atoms with Gasteiger partial charge in [-0.05, 0) is 57.7 Å². The lowest BCUT2D eigenvalue weighted by atomic mass is 9.95. The van der Waals surface area contributed by atoms with E-state index in [2.05, 4.69) is 42.0 Å². The number of aryl methyl sites for hydroxylation is 1. The fraction of sp³-hybridized carbons (Fsp3) is 0.688. The molecule has 1 aromatic rings. The van der Waals surface area contributed by atoms with Crippen LogP contribution in [0.2, 0.25) is 0 Å². The van der Waals surface area contributed by atoms with Crippen LogP contribution in [0.4, 0.5) is 5.69 Å². The molecule has 0 aromatic carbocycles. The molecule has 1 N–H and O–H groups in total. The normalized spacial score (nSPS) is 21.4. The molecule has 3 nitrogen and oxygen atoms in total. The largest absolute Gasteiger partial charge is 0.367 e. The van der Waals surface area contributed by atoms with Crippen LogP contribution in [-0.4, -0.2) is 30.2 Å². The predicted molar refractivity (Wildman–Crippen MR) is 81.7 cm³/mol. The van der Waals surface area contributed by atoms with E-state index in [-0.39, 0.29) is 0 Å². The molecule has 1 fully saturated rings. The van der Waals surface area contributed by atoms with E-state index in [1.54, 1.807) is 0 Å². The Labute approximate surface area is 117 Å². The highest BCUT2D eigenvalue weighted by atomic mass is 15.2. The second-order valence-corrected chi connectivity index (χ2v) is 5.66. The quantitative estimate of drug-likeness (QED) is 0.882. The summed E-state index contributed by atoms with van der Waals surface area (Å²) in [6.07, 6.45) is 9.04. The second kappa shape index (κ2) is 6.90. The first-order chi connectivity index (χ1) is 9.24. The Hall–Kier alpha value is -1.09. The highest BCUT2D eigenvalue weighted by molar-refractivity contribution is 5.53. The van der Waals surface area contributed by atoms with Crippen molar-refractivity contribution in [2.24, 2.45) is 0 Å². The number of anilines is 1. The molecule has 106 valence electrons. The van der Waals surface area contributed by atoms with Crippen LogP contribution in [0.5, 0.6) is 0 Å². The van der Waals surface area contributed by atoms with Crippen LogP contribution in [-0.2, 0) is 0 Å². The van der Waals surface area contributed by atoms with E-state index in [9.17, 15) is 0 Å². The minimum Gasteiger partial charge on any atom is -0.367 e. The molecule has 0 aliphatic carbocycles. The van der Waals surface area contributed by atoms with Crippen molar-refractivity contribution in [1.82, 2.24) is 10.3 Å². The molecule has 2 unspecified atom stereocenters. The molecule has 19 heavy (non-hydrogen) atoms. The minimum atomic E-state index is 0.549. The van der Waals surface area contributed by atoms with Crippen LogP contribution < -0.4 is 10.2 Å². The van der Waals surface area contributed by atoms with Crippen molar-refractivity contribution >= 4 is 5.69 Å². The minimum absolute atomic E-state index is 0.549. The third-order valence-electron chi connectivity index (χ3n) is 4.14. The average molecular weight is 261 g/mol. The van der Waals surface area contributed by atoms with Crippen LogP contribution in [0.25, 0.3) is 0 Å². The van der Waals surface area contributed by atoms with Crippen molar-refractivity contribution in [3.63, 3.8) is 0 Å². The summed E-state index contributed by atoms with van der Waals surface area (Å²) in [6.45, 7) is 9.01. The van der Waals surface area contributed by atoms with E-state index in [1.165, 1.54) is 43.5 Å². The Bertz CT molecular complexity index is 391. The molecule has 0 spiro atoms. The highest BCUT2D eigenvalue weighted by Crippen LogP contribution is 2.28. The molecule has 1 aromatic heterocycles. The Morgan fingerprint density at radius 1 is 1.47 bits per heavy atom. The number of rotatable bonds is 5. The predicted octanol–water partition coefficient (Wildman–Crippen LogP) is 3.14. The van der Waals surface area contributed by atoms with Gasteiger partial charge in [0.05, 0.1) is 0 Å². The SMILES string of the molecule is CCCNC(C)C1CCCCN1c1ccncc1C. The zero-order valence-corrected chi connectivity index (χ0v) is 12.5. The number of hydrogen-bond acceptors (Lipinski definition) is 3. The summed E-state index contributed by atoms with van der Waals surface area (Å²) in [7, 11) is 0. The third kappa shape index (κ3) is 3.47. The lowest BCUT2D eigenvalue weighted by Gasteiger charge is -2.41. The Morgan fingerprint density at radius 3 is 3.05 bits per heavy atom. The second-order valence-electron chi connectivity index (χ2n) is 5.66. The maximum Gasteiger partial charge on any atom is 0.0440 e. The number of nitrogens with one attached hydrogen (secondary N) is 1. The standard InChI is InChI=1S/C16H27N3/c1-4-9-18-14(3)16-7-5-6-11-19(16)15-8-10-17-12-13(15)2/h8,10,12,14,16,18H,4-7,9,11H2,1-3H3. The van der Waals surface area contributed by atoms with E-state index in [1.807, 2.05) is 12.4 Å². The van der Waals surface area contributed by atoms with Crippen LogP contribution in [0, 0.1) is 6.92 Å². The van der Waals surface area contributed by atoms with Gasteiger partial charge in [-0.3, -0.25) is 4.98 Å². The first-order valence-corrected chi connectivity index (χ1v) is 7.64. The molecular weight excluding hydrogens is 234 g/mol. The number of piperidine rings is 1. The summed E-state index contributed by atoms with van der Waals surface area (Å²) in [4.78, 5) is 6.81. The highest BCUT2D eigenvalue weighted by Gasteiger charge is 2.27. The number of pyridine rings is 1. The summed E-state index contributed by atoms with van der Waals surface area (Å²) < 4.78 is 0. The van der Waals surface area contributed by atoms with Gasteiger partial charge in [-0.25, -0.2) is 0 Å². The smallest absolute Gasteiger partial charge is 0.0440 e. The lowest BCUT2D eigenvalue weighted by Crippen LogP contribution is -2.51. The van der Waals surface area contributed by atoms with Crippen molar-refractivity contribution in [1.29, 1.82) is 0 Å². The van der Waals surface area contributed by atoms with Gasteiger partial charge in [0.25, 0.3) is 0 Å². The van der Waals surface area contributed by atoms with Crippen LogP contribution in [0.3, 0.4) is 0 Å². The van der Waals surface area contributed by atoms with Gasteiger partial charge in [0.2, 0.25) is 0 Å². The van der Waals surface area contributed by atoms with Gasteiger partial charge in [0, 0.05) is 36.7 Å². The van der Waals surface area contributed by atoms with Gasteiger partial charge in [-0.15, -0.1) is 0 Å². The van der Waals surface area contributed by atoms with E-state index in [0.717, 1.165) is 6.54 Å². The molecule has 0 amide bonds. The zero-order chi connectivity index (χ0) is 13.7. The molecule has 0 saturated carbocycles. The van der Waals surface area contributed by atoms with Crippen molar-refractivity contribution in [3.05, 3.63) is 24.0 Å². The fourth-order valence-corrected chi connectivity index (χ4v) is 3.07. The Morgan fingerprint density at radius 2 is 2.32 bits per heavy atom. The molecule has 2 heterocycles. The molecule has 0 bridgehead atoms. The maximum absolute atomic E-state index is 4.22. The van der Waals surface area contributed by atoms with Crippen LogP contribution in [0.15, 0.2) is 18.5 Å². The first kappa shape index (κ1) is 14.3. The van der Waals surface area contributed by atoms with Gasteiger partial charge in [-0.2, -0.15) is 0 Å². The van der Waals surface area contributed by atoms with Gasteiger partial charge in [0.15, 0.2) is 0 Å². The molecule has 1 saturated heterocycles. The molecule has 2 rings (SSSR count). The average Bonchev–Trinajstić information content (AvgIpc) is 2.45. The molecule has 1 aliphatic heterocycles. The molecule has 0 radical (unpaired) electrons. The van der Waals surface area contributed by atoms with Crippen molar-refractivity contribution < 1.29 is 0 Å².